The number of aromatic nitrogens is 2. The van der Waals surface area contributed by atoms with E-state index < -0.39 is 12.0 Å². The number of carboxylic acids is 1. The van der Waals surface area contributed by atoms with Crippen LogP contribution >= 0.6 is 15.9 Å². The Morgan fingerprint density at radius 3 is 3.31 bits per heavy atom. The number of carbonyl (C=O) groups is 1. The van der Waals surface area contributed by atoms with E-state index in [4.69, 9.17) is 5.11 Å². The third-order valence-corrected chi connectivity index (χ3v) is 2.73. The molecule has 70 valence electrons. The summed E-state index contributed by atoms with van der Waals surface area (Å²) in [7, 11) is 0. The third-order valence-electron chi connectivity index (χ3n) is 2.07. The first kappa shape index (κ1) is 8.71. The van der Waals surface area contributed by atoms with Crippen molar-refractivity contribution in [2.45, 2.75) is 19.1 Å². The van der Waals surface area contributed by atoms with Gasteiger partial charge in [-0.15, -0.1) is 0 Å². The Morgan fingerprint density at radius 1 is 1.85 bits per heavy atom. The number of nitrogens with zero attached hydrogens (tertiary/aromatic N) is 2. The molecule has 5 nitrogen and oxygen atoms in total. The van der Waals surface area contributed by atoms with Gasteiger partial charge in [-0.2, -0.15) is 5.10 Å². The predicted molar refractivity (Wildman–Crippen MR) is 48.2 cm³/mol. The van der Waals surface area contributed by atoms with Crippen molar-refractivity contribution in [2.24, 2.45) is 0 Å². The van der Waals surface area contributed by atoms with Crippen LogP contribution in [0.25, 0.3) is 0 Å². The Balaban J connectivity index is 2.25. The molecule has 1 aliphatic heterocycles. The molecule has 0 saturated carbocycles. The van der Waals surface area contributed by atoms with Gasteiger partial charge in [-0.3, -0.25) is 14.8 Å². The van der Waals surface area contributed by atoms with Gasteiger partial charge >= 0.3 is 5.97 Å². The number of aliphatic carboxylic acids is 1. The molecule has 2 N–H and O–H groups in total. The normalized spacial score (nSPS) is 21.2. The van der Waals surface area contributed by atoms with Crippen molar-refractivity contribution >= 4 is 21.9 Å². The number of rotatable bonds is 1. The van der Waals surface area contributed by atoms with Crippen molar-refractivity contribution in [1.29, 1.82) is 0 Å². The quantitative estimate of drug-likeness (QED) is 0.742. The van der Waals surface area contributed by atoms with Crippen LogP contribution in [0.2, 0.25) is 0 Å². The van der Waals surface area contributed by atoms with E-state index in [1.807, 2.05) is 0 Å². The summed E-state index contributed by atoms with van der Waals surface area (Å²) in [5.74, 6) is -0.836. The lowest BCUT2D eigenvalue weighted by Crippen LogP contribution is -2.44. The number of fused-ring (bicyclic) bond motifs is 1. The van der Waals surface area contributed by atoms with E-state index in [1.54, 1.807) is 10.9 Å². The summed E-state index contributed by atoms with van der Waals surface area (Å²) in [6.07, 6.45) is 1.68. The predicted octanol–water partition coefficient (Wildman–Crippen LogP) is 0.202. The molecule has 0 aliphatic carbocycles. The van der Waals surface area contributed by atoms with Crippen molar-refractivity contribution < 1.29 is 9.90 Å². The van der Waals surface area contributed by atoms with E-state index >= 15 is 0 Å². The highest BCUT2D eigenvalue weighted by molar-refractivity contribution is 9.10. The van der Waals surface area contributed by atoms with Crippen LogP contribution in [0.4, 0.5) is 0 Å². The molecule has 6 heteroatoms. The van der Waals surface area contributed by atoms with Gasteiger partial charge in [0, 0.05) is 6.54 Å². The van der Waals surface area contributed by atoms with Gasteiger partial charge < -0.3 is 5.11 Å². The zero-order valence-corrected chi connectivity index (χ0v) is 8.28. The average Bonchev–Trinajstić information content (AvgIpc) is 2.47. The van der Waals surface area contributed by atoms with E-state index in [1.165, 1.54) is 0 Å². The standard InChI is InChI=1S/C7H8BrN3O2/c8-4-1-10-11-3-5(7(12)13)9-2-6(4)11/h1,5,9H,2-3H2,(H,12,13). The fourth-order valence-electron chi connectivity index (χ4n) is 1.34. The average molecular weight is 246 g/mol. The second-order valence-corrected chi connectivity index (χ2v) is 3.75. The fourth-order valence-corrected chi connectivity index (χ4v) is 1.78. The molecular weight excluding hydrogens is 238 g/mol. The van der Waals surface area contributed by atoms with Crippen LogP contribution in [0.15, 0.2) is 10.7 Å². The minimum absolute atomic E-state index is 0.385. The Labute approximate surface area is 82.9 Å². The summed E-state index contributed by atoms with van der Waals surface area (Å²) in [6, 6.07) is -0.528. The Morgan fingerprint density at radius 2 is 2.62 bits per heavy atom. The van der Waals surface area contributed by atoms with Gasteiger partial charge in [0.1, 0.15) is 6.04 Å². The number of hydrogen-bond acceptors (Lipinski definition) is 3. The van der Waals surface area contributed by atoms with Crippen LogP contribution in [-0.2, 0) is 17.9 Å². The molecule has 2 rings (SSSR count). The van der Waals surface area contributed by atoms with E-state index in [0.29, 0.717) is 13.1 Å². The minimum atomic E-state index is -0.836. The first-order chi connectivity index (χ1) is 6.18. The number of nitrogens with one attached hydrogen (secondary N) is 1. The summed E-state index contributed by atoms with van der Waals surface area (Å²) < 4.78 is 2.63. The van der Waals surface area contributed by atoms with Crippen molar-refractivity contribution in [3.63, 3.8) is 0 Å². The SMILES string of the molecule is O=C(O)C1Cn2ncc(Br)c2CN1. The second-order valence-electron chi connectivity index (χ2n) is 2.89. The molecule has 0 amide bonds. The van der Waals surface area contributed by atoms with Gasteiger partial charge in [0.05, 0.1) is 22.9 Å². The molecule has 1 atom stereocenters. The summed E-state index contributed by atoms with van der Waals surface area (Å²) >= 11 is 3.34. The fraction of sp³-hybridized carbons (Fsp3) is 0.429. The lowest BCUT2D eigenvalue weighted by Gasteiger charge is -2.21. The first-order valence-corrected chi connectivity index (χ1v) is 4.64. The highest BCUT2D eigenvalue weighted by Gasteiger charge is 2.25. The zero-order chi connectivity index (χ0) is 9.42. The minimum Gasteiger partial charge on any atom is -0.480 e. The maximum absolute atomic E-state index is 10.7. The Kier molecular flexibility index (Phi) is 2.09. The summed E-state index contributed by atoms with van der Waals surface area (Å²) in [5.41, 5.74) is 0.998. The lowest BCUT2D eigenvalue weighted by molar-refractivity contribution is -0.140. The molecule has 13 heavy (non-hydrogen) atoms. The molecule has 2 heterocycles. The summed E-state index contributed by atoms with van der Waals surface area (Å²) in [6.45, 7) is 0.924. The highest BCUT2D eigenvalue weighted by atomic mass is 79.9. The Bertz CT molecular complexity index is 350. The van der Waals surface area contributed by atoms with Crippen LogP contribution in [0.3, 0.4) is 0 Å². The van der Waals surface area contributed by atoms with Crippen LogP contribution in [0, 0.1) is 0 Å². The third kappa shape index (κ3) is 1.47. The van der Waals surface area contributed by atoms with Gasteiger partial charge in [0.15, 0.2) is 0 Å². The van der Waals surface area contributed by atoms with Crippen LogP contribution in [-0.4, -0.2) is 26.9 Å². The van der Waals surface area contributed by atoms with E-state index in [-0.39, 0.29) is 0 Å². The highest BCUT2D eigenvalue weighted by Crippen LogP contribution is 2.18. The molecule has 0 radical (unpaired) electrons. The van der Waals surface area contributed by atoms with Crippen molar-refractivity contribution in [3.05, 3.63) is 16.4 Å². The van der Waals surface area contributed by atoms with Gasteiger partial charge in [0.25, 0.3) is 0 Å². The second kappa shape index (κ2) is 3.12. The maximum atomic E-state index is 10.7. The molecule has 1 aromatic heterocycles. The molecule has 1 aromatic rings. The monoisotopic (exact) mass is 245 g/mol. The van der Waals surface area contributed by atoms with E-state index in [0.717, 1.165) is 10.2 Å². The molecule has 0 fully saturated rings. The van der Waals surface area contributed by atoms with Crippen molar-refractivity contribution in [1.82, 2.24) is 15.1 Å². The largest absolute Gasteiger partial charge is 0.480 e. The smallest absolute Gasteiger partial charge is 0.322 e. The Hall–Kier alpha value is -0.880. The number of halogens is 1. The number of carboxylic acid groups (broad SMARTS) is 1. The zero-order valence-electron chi connectivity index (χ0n) is 6.70. The first-order valence-electron chi connectivity index (χ1n) is 3.85. The van der Waals surface area contributed by atoms with Gasteiger partial charge in [-0.25, -0.2) is 0 Å². The topological polar surface area (TPSA) is 67.1 Å². The van der Waals surface area contributed by atoms with Gasteiger partial charge in [0.2, 0.25) is 0 Å². The lowest BCUT2D eigenvalue weighted by atomic mass is 10.2. The summed E-state index contributed by atoms with van der Waals surface area (Å²) in [4.78, 5) is 10.7. The number of hydrogen-bond donors (Lipinski definition) is 2. The summed E-state index contributed by atoms with van der Waals surface area (Å²) in [5, 5.41) is 15.7. The molecule has 1 aliphatic rings. The molecule has 0 spiro atoms. The van der Waals surface area contributed by atoms with Crippen LogP contribution < -0.4 is 5.32 Å². The van der Waals surface area contributed by atoms with Crippen LogP contribution in [0.1, 0.15) is 5.69 Å². The van der Waals surface area contributed by atoms with Crippen LogP contribution in [0.5, 0.6) is 0 Å². The van der Waals surface area contributed by atoms with Gasteiger partial charge in [-0.1, -0.05) is 0 Å². The molecule has 1 unspecified atom stereocenters. The molecule has 0 saturated heterocycles. The molecule has 0 aromatic carbocycles. The van der Waals surface area contributed by atoms with Crippen molar-refractivity contribution in [2.75, 3.05) is 0 Å². The van der Waals surface area contributed by atoms with E-state index in [2.05, 4.69) is 26.3 Å². The molecule has 0 bridgehead atoms. The van der Waals surface area contributed by atoms with E-state index in [9.17, 15) is 4.79 Å². The maximum Gasteiger partial charge on any atom is 0.322 e. The molecular formula is C7H8BrN3O2. The van der Waals surface area contributed by atoms with Gasteiger partial charge in [-0.05, 0) is 15.9 Å². The van der Waals surface area contributed by atoms with Crippen molar-refractivity contribution in [3.8, 4) is 0 Å².